The Bertz CT molecular complexity index is 901. The van der Waals surface area contributed by atoms with Gasteiger partial charge in [-0.2, -0.15) is 0 Å². The number of hydrogen-bond acceptors (Lipinski definition) is 2. The number of benzene rings is 3. The summed E-state index contributed by atoms with van der Waals surface area (Å²) in [5.74, 6) is -0.591. The van der Waals surface area contributed by atoms with Crippen molar-refractivity contribution >= 4 is 11.8 Å². The Labute approximate surface area is 159 Å². The molecule has 0 fully saturated rings. The van der Waals surface area contributed by atoms with Crippen molar-refractivity contribution in [2.45, 2.75) is 19.8 Å². The zero-order valence-corrected chi connectivity index (χ0v) is 15.2. The van der Waals surface area contributed by atoms with E-state index in [9.17, 15) is 9.59 Å². The minimum Gasteiger partial charge on any atom is -0.273 e. The van der Waals surface area contributed by atoms with Crippen molar-refractivity contribution in [3.05, 3.63) is 95.6 Å². The van der Waals surface area contributed by atoms with Gasteiger partial charge in [0.1, 0.15) is 0 Å². The number of rotatable bonds is 5. The lowest BCUT2D eigenvalue weighted by Crippen LogP contribution is -2.42. The van der Waals surface area contributed by atoms with Crippen LogP contribution in [-0.2, 0) is 17.6 Å². The zero-order valence-electron chi connectivity index (χ0n) is 15.2. The highest BCUT2D eigenvalue weighted by molar-refractivity contribution is 5.95. The molecule has 3 rings (SSSR count). The smallest absolute Gasteiger partial charge is 0.269 e. The molecule has 0 saturated carbocycles. The van der Waals surface area contributed by atoms with Gasteiger partial charge >= 0.3 is 0 Å². The van der Waals surface area contributed by atoms with Crippen LogP contribution in [0.3, 0.4) is 0 Å². The molecule has 0 unspecified atom stereocenters. The van der Waals surface area contributed by atoms with Crippen molar-refractivity contribution in [1.29, 1.82) is 0 Å². The van der Waals surface area contributed by atoms with Gasteiger partial charge in [-0.15, -0.1) is 0 Å². The van der Waals surface area contributed by atoms with Crippen LogP contribution < -0.4 is 10.9 Å². The molecule has 0 aliphatic rings. The Morgan fingerprint density at radius 1 is 0.704 bits per heavy atom. The van der Waals surface area contributed by atoms with E-state index in [-0.39, 0.29) is 18.2 Å². The predicted molar refractivity (Wildman–Crippen MR) is 107 cm³/mol. The van der Waals surface area contributed by atoms with Gasteiger partial charge in [-0.3, -0.25) is 20.4 Å². The maximum absolute atomic E-state index is 12.1. The van der Waals surface area contributed by atoms with Gasteiger partial charge in [0.15, 0.2) is 0 Å². The average molecular weight is 358 g/mol. The maximum atomic E-state index is 12.1. The number of aryl methyl sites for hydroxylation is 1. The molecule has 4 heteroatoms. The first-order valence-corrected chi connectivity index (χ1v) is 8.98. The molecule has 0 aromatic heterocycles. The van der Waals surface area contributed by atoms with Crippen molar-refractivity contribution < 1.29 is 9.59 Å². The molecular formula is C23H22N2O2. The Morgan fingerprint density at radius 2 is 1.30 bits per heavy atom. The largest absolute Gasteiger partial charge is 0.273 e. The summed E-state index contributed by atoms with van der Waals surface area (Å²) in [6.45, 7) is 2.06. The third-order valence-electron chi connectivity index (χ3n) is 4.37. The zero-order chi connectivity index (χ0) is 19.1. The fourth-order valence-electron chi connectivity index (χ4n) is 2.77. The number of carbonyl (C=O) groups excluding carboxylic acids is 2. The van der Waals surface area contributed by atoms with E-state index in [1.807, 2.05) is 66.7 Å². The maximum Gasteiger partial charge on any atom is 0.269 e. The first-order chi connectivity index (χ1) is 13.2. The molecule has 0 atom stereocenters. The van der Waals surface area contributed by atoms with E-state index in [2.05, 4.69) is 17.8 Å². The quantitative estimate of drug-likeness (QED) is 0.679. The first-order valence-electron chi connectivity index (χ1n) is 8.98. The molecule has 0 heterocycles. The average Bonchev–Trinajstić information content (AvgIpc) is 2.73. The number of amides is 2. The molecule has 27 heavy (non-hydrogen) atoms. The van der Waals surface area contributed by atoms with Gasteiger partial charge in [0.25, 0.3) is 5.91 Å². The van der Waals surface area contributed by atoms with E-state index in [4.69, 9.17) is 0 Å². The van der Waals surface area contributed by atoms with E-state index in [1.165, 1.54) is 0 Å². The Hall–Kier alpha value is -3.40. The van der Waals surface area contributed by atoms with Gasteiger partial charge in [0, 0.05) is 5.56 Å². The molecule has 0 radical (unpaired) electrons. The summed E-state index contributed by atoms with van der Waals surface area (Å²) in [5.41, 5.74) is 9.71. The molecule has 2 N–H and O–H groups in total. The van der Waals surface area contributed by atoms with Crippen molar-refractivity contribution in [2.24, 2.45) is 0 Å². The van der Waals surface area contributed by atoms with Gasteiger partial charge in [0.05, 0.1) is 6.42 Å². The summed E-state index contributed by atoms with van der Waals surface area (Å²) in [6.07, 6.45) is 1.12. The summed E-state index contributed by atoms with van der Waals surface area (Å²) in [7, 11) is 0. The highest BCUT2D eigenvalue weighted by Crippen LogP contribution is 2.19. The molecule has 4 nitrogen and oxygen atoms in total. The summed E-state index contributed by atoms with van der Waals surface area (Å²) in [5, 5.41) is 0. The SMILES string of the molecule is CCc1ccc(C(=O)NNC(=O)Cc2ccc(-c3ccccc3)cc2)cc1. The molecule has 3 aromatic rings. The molecule has 3 aromatic carbocycles. The minimum absolute atomic E-state index is 0.199. The van der Waals surface area contributed by atoms with Crippen molar-refractivity contribution in [3.63, 3.8) is 0 Å². The summed E-state index contributed by atoms with van der Waals surface area (Å²) >= 11 is 0. The Balaban J connectivity index is 1.52. The second kappa shape index (κ2) is 8.81. The molecule has 0 aliphatic heterocycles. The fourth-order valence-corrected chi connectivity index (χ4v) is 2.77. The fraction of sp³-hybridized carbons (Fsp3) is 0.130. The van der Waals surface area contributed by atoms with Crippen molar-refractivity contribution in [3.8, 4) is 11.1 Å². The van der Waals surface area contributed by atoms with E-state index < -0.39 is 0 Å². The lowest BCUT2D eigenvalue weighted by Gasteiger charge is -2.08. The molecule has 0 bridgehead atoms. The summed E-state index contributed by atoms with van der Waals surface area (Å²) < 4.78 is 0. The van der Waals surface area contributed by atoms with Crippen LogP contribution >= 0.6 is 0 Å². The highest BCUT2D eigenvalue weighted by atomic mass is 16.2. The molecular weight excluding hydrogens is 336 g/mol. The second-order valence-electron chi connectivity index (χ2n) is 6.29. The minimum atomic E-state index is -0.328. The third kappa shape index (κ3) is 5.05. The van der Waals surface area contributed by atoms with E-state index in [1.54, 1.807) is 12.1 Å². The lowest BCUT2D eigenvalue weighted by molar-refractivity contribution is -0.121. The van der Waals surface area contributed by atoms with Crippen LogP contribution in [0.25, 0.3) is 11.1 Å². The molecule has 0 saturated heterocycles. The second-order valence-corrected chi connectivity index (χ2v) is 6.29. The van der Waals surface area contributed by atoms with Crippen molar-refractivity contribution in [2.75, 3.05) is 0 Å². The van der Waals surface area contributed by atoms with E-state index >= 15 is 0 Å². The summed E-state index contributed by atoms with van der Waals surface area (Å²) in [6, 6.07) is 25.2. The van der Waals surface area contributed by atoms with Gasteiger partial charge in [-0.25, -0.2) is 0 Å². The van der Waals surface area contributed by atoms with Crippen LogP contribution in [-0.4, -0.2) is 11.8 Å². The number of hydrogen-bond donors (Lipinski definition) is 2. The monoisotopic (exact) mass is 358 g/mol. The van der Waals surface area contributed by atoms with Gasteiger partial charge in [-0.05, 0) is 40.8 Å². The summed E-state index contributed by atoms with van der Waals surface area (Å²) in [4.78, 5) is 24.2. The van der Waals surface area contributed by atoms with Gasteiger partial charge < -0.3 is 0 Å². The molecule has 136 valence electrons. The predicted octanol–water partition coefficient (Wildman–Crippen LogP) is 3.92. The van der Waals surface area contributed by atoms with Crippen LogP contribution in [0.4, 0.5) is 0 Å². The standard InChI is InChI=1S/C23H22N2O2/c1-2-17-8-14-21(15-9-17)23(27)25-24-22(26)16-18-10-12-20(13-11-18)19-6-4-3-5-7-19/h3-15H,2,16H2,1H3,(H,24,26)(H,25,27). The molecule has 0 spiro atoms. The molecule has 2 amide bonds. The first kappa shape index (κ1) is 18.4. The number of carbonyl (C=O) groups is 2. The Kier molecular flexibility index (Phi) is 6.00. The van der Waals surface area contributed by atoms with Crippen LogP contribution in [0, 0.1) is 0 Å². The van der Waals surface area contributed by atoms with Gasteiger partial charge in [0.2, 0.25) is 5.91 Å². The van der Waals surface area contributed by atoms with E-state index in [0.717, 1.165) is 28.7 Å². The van der Waals surface area contributed by atoms with Crippen molar-refractivity contribution in [1.82, 2.24) is 10.9 Å². The normalized spacial score (nSPS) is 10.3. The lowest BCUT2D eigenvalue weighted by atomic mass is 10.0. The van der Waals surface area contributed by atoms with Crippen LogP contribution in [0.15, 0.2) is 78.9 Å². The number of nitrogens with one attached hydrogen (secondary N) is 2. The van der Waals surface area contributed by atoms with Crippen LogP contribution in [0.2, 0.25) is 0 Å². The number of hydrazine groups is 1. The van der Waals surface area contributed by atoms with Crippen LogP contribution in [0.5, 0.6) is 0 Å². The van der Waals surface area contributed by atoms with Gasteiger partial charge in [-0.1, -0.05) is 73.7 Å². The van der Waals surface area contributed by atoms with E-state index in [0.29, 0.717) is 5.56 Å². The van der Waals surface area contributed by atoms with Crippen LogP contribution in [0.1, 0.15) is 28.4 Å². The highest BCUT2D eigenvalue weighted by Gasteiger charge is 2.08. The Morgan fingerprint density at radius 3 is 1.93 bits per heavy atom. The topological polar surface area (TPSA) is 58.2 Å². The molecule has 0 aliphatic carbocycles. The third-order valence-corrected chi connectivity index (χ3v) is 4.37.